The Morgan fingerprint density at radius 1 is 0.968 bits per heavy atom. The Bertz CT molecular complexity index is 1230. The highest BCUT2D eigenvalue weighted by Gasteiger charge is 2.39. The number of aromatic nitrogens is 1. The zero-order valence-corrected chi connectivity index (χ0v) is 16.9. The lowest BCUT2D eigenvalue weighted by Crippen LogP contribution is -2.26. The van der Waals surface area contributed by atoms with Gasteiger partial charge in [0.1, 0.15) is 11.6 Å². The van der Waals surface area contributed by atoms with E-state index in [1.54, 1.807) is 18.2 Å². The number of carbonyl (C=O) groups excluding carboxylic acids is 1. The molecule has 31 heavy (non-hydrogen) atoms. The topological polar surface area (TPSA) is 44.9 Å². The van der Waals surface area contributed by atoms with Gasteiger partial charge < -0.3 is 10.3 Å². The molecule has 0 unspecified atom stereocenters. The summed E-state index contributed by atoms with van der Waals surface area (Å²) in [5.41, 5.74) is 4.51. The van der Waals surface area contributed by atoms with E-state index in [0.717, 1.165) is 34.1 Å². The van der Waals surface area contributed by atoms with Crippen molar-refractivity contribution in [2.45, 2.75) is 31.2 Å². The predicted octanol–water partition coefficient (Wildman–Crippen LogP) is 5.72. The molecule has 0 radical (unpaired) electrons. The number of carbonyl (C=O) groups is 1. The molecule has 2 N–H and O–H groups in total. The molecular weight excluding hydrogens is 394 g/mol. The van der Waals surface area contributed by atoms with E-state index >= 15 is 0 Å². The summed E-state index contributed by atoms with van der Waals surface area (Å²) in [5.74, 6) is -0.280. The maximum Gasteiger partial charge on any atom is 0.220 e. The van der Waals surface area contributed by atoms with Gasteiger partial charge in [-0.25, -0.2) is 8.78 Å². The lowest BCUT2D eigenvalue weighted by Gasteiger charge is -2.07. The summed E-state index contributed by atoms with van der Waals surface area (Å²) < 4.78 is 27.3. The van der Waals surface area contributed by atoms with Crippen LogP contribution in [0, 0.1) is 11.6 Å². The van der Waals surface area contributed by atoms with Gasteiger partial charge in [0.15, 0.2) is 0 Å². The van der Waals surface area contributed by atoms with Gasteiger partial charge in [-0.15, -0.1) is 0 Å². The number of aryl methyl sites for hydroxylation is 1. The Balaban J connectivity index is 1.33. The summed E-state index contributed by atoms with van der Waals surface area (Å²) in [4.78, 5) is 15.9. The monoisotopic (exact) mass is 416 g/mol. The van der Waals surface area contributed by atoms with Gasteiger partial charge in [0, 0.05) is 35.0 Å². The normalized spacial score (nSPS) is 17.6. The van der Waals surface area contributed by atoms with Crippen molar-refractivity contribution in [2.24, 2.45) is 0 Å². The molecule has 1 aromatic heterocycles. The van der Waals surface area contributed by atoms with Crippen LogP contribution in [0.4, 0.5) is 8.78 Å². The standard InChI is InChI=1S/C26H22F2N2O/c27-18-8-6-17(7-9-18)26-20(22-14-19(28)10-12-23(22)30-26)11-13-25(31)29-24-15-21(24)16-4-2-1-3-5-16/h1-10,12,14,21,24,30H,11,13,15H2,(H,29,31)/t21-,24+/m1/s1. The Morgan fingerprint density at radius 3 is 2.48 bits per heavy atom. The lowest BCUT2D eigenvalue weighted by molar-refractivity contribution is -0.121. The molecule has 156 valence electrons. The van der Waals surface area contributed by atoms with Crippen LogP contribution in [0.15, 0.2) is 72.8 Å². The zero-order chi connectivity index (χ0) is 21.4. The van der Waals surface area contributed by atoms with Crippen LogP contribution in [-0.2, 0) is 11.2 Å². The van der Waals surface area contributed by atoms with Crippen molar-refractivity contribution in [1.82, 2.24) is 10.3 Å². The van der Waals surface area contributed by atoms with Crippen molar-refractivity contribution in [3.8, 4) is 11.3 Å². The number of hydrogen-bond donors (Lipinski definition) is 2. The summed E-state index contributed by atoms with van der Waals surface area (Å²) in [6.07, 6.45) is 1.72. The second kappa shape index (κ2) is 7.99. The van der Waals surface area contributed by atoms with Crippen molar-refractivity contribution in [2.75, 3.05) is 0 Å². The average molecular weight is 416 g/mol. The third-order valence-electron chi connectivity index (χ3n) is 5.97. The van der Waals surface area contributed by atoms with E-state index in [-0.39, 0.29) is 23.6 Å². The third-order valence-corrected chi connectivity index (χ3v) is 5.97. The highest BCUT2D eigenvalue weighted by molar-refractivity contribution is 5.91. The van der Waals surface area contributed by atoms with Gasteiger partial charge in [0.05, 0.1) is 0 Å². The van der Waals surface area contributed by atoms with Gasteiger partial charge in [0.2, 0.25) is 5.91 Å². The van der Waals surface area contributed by atoms with Gasteiger partial charge in [0.25, 0.3) is 0 Å². The van der Waals surface area contributed by atoms with Gasteiger partial charge in [-0.2, -0.15) is 0 Å². The summed E-state index contributed by atoms with van der Waals surface area (Å²) >= 11 is 0. The van der Waals surface area contributed by atoms with E-state index in [1.165, 1.54) is 29.8 Å². The van der Waals surface area contributed by atoms with E-state index in [1.807, 2.05) is 18.2 Å². The molecule has 4 aromatic rings. The second-order valence-electron chi connectivity index (χ2n) is 8.10. The van der Waals surface area contributed by atoms with Gasteiger partial charge in [-0.3, -0.25) is 4.79 Å². The van der Waals surface area contributed by atoms with Gasteiger partial charge >= 0.3 is 0 Å². The van der Waals surface area contributed by atoms with Gasteiger partial charge in [-0.1, -0.05) is 30.3 Å². The molecule has 1 saturated carbocycles. The number of H-pyrrole nitrogens is 1. The second-order valence-corrected chi connectivity index (χ2v) is 8.10. The molecule has 1 fully saturated rings. The van der Waals surface area contributed by atoms with E-state index in [0.29, 0.717) is 18.8 Å². The number of aromatic amines is 1. The first kappa shape index (κ1) is 19.5. The Labute approximate surface area is 179 Å². The fourth-order valence-electron chi connectivity index (χ4n) is 4.28. The maximum absolute atomic E-state index is 13.9. The molecule has 3 aromatic carbocycles. The van der Waals surface area contributed by atoms with Crippen molar-refractivity contribution in [3.63, 3.8) is 0 Å². The Hall–Kier alpha value is -3.47. The summed E-state index contributed by atoms with van der Waals surface area (Å²) in [5, 5.41) is 3.87. The number of amides is 1. The summed E-state index contributed by atoms with van der Waals surface area (Å²) in [6.45, 7) is 0. The molecule has 1 heterocycles. The van der Waals surface area contributed by atoms with Crippen molar-refractivity contribution in [3.05, 3.63) is 95.6 Å². The zero-order valence-electron chi connectivity index (χ0n) is 16.9. The van der Waals surface area contributed by atoms with Gasteiger partial charge in [-0.05, 0) is 72.0 Å². The molecule has 5 heteroatoms. The predicted molar refractivity (Wildman–Crippen MR) is 118 cm³/mol. The molecule has 5 rings (SSSR count). The minimum absolute atomic E-state index is 0.0146. The fourth-order valence-corrected chi connectivity index (χ4v) is 4.28. The molecule has 2 atom stereocenters. The number of rotatable bonds is 6. The molecule has 1 aliphatic rings. The molecular formula is C26H22F2N2O. The number of halogens is 2. The van der Waals surface area contributed by atoms with Crippen LogP contribution in [0.2, 0.25) is 0 Å². The number of fused-ring (bicyclic) bond motifs is 1. The molecule has 0 bridgehead atoms. The van der Waals surface area contributed by atoms with Crippen LogP contribution in [-0.4, -0.2) is 16.9 Å². The number of benzene rings is 3. The smallest absolute Gasteiger partial charge is 0.220 e. The first-order valence-corrected chi connectivity index (χ1v) is 10.5. The SMILES string of the molecule is O=C(CCc1c(-c2ccc(F)cc2)[nH]c2ccc(F)cc12)N[C@H]1C[C@@H]1c1ccccc1. The van der Waals surface area contributed by atoms with Crippen LogP contribution < -0.4 is 5.32 Å². The number of nitrogens with one attached hydrogen (secondary N) is 2. The van der Waals surface area contributed by atoms with Crippen molar-refractivity contribution in [1.29, 1.82) is 0 Å². The van der Waals surface area contributed by atoms with Crippen LogP contribution in [0.25, 0.3) is 22.2 Å². The van der Waals surface area contributed by atoms with Crippen LogP contribution in [0.1, 0.15) is 29.9 Å². The van der Waals surface area contributed by atoms with Crippen LogP contribution >= 0.6 is 0 Å². The third kappa shape index (κ3) is 4.08. The first-order valence-electron chi connectivity index (χ1n) is 10.5. The molecule has 1 amide bonds. The minimum Gasteiger partial charge on any atom is -0.354 e. The Kier molecular flexibility index (Phi) is 5.02. The van der Waals surface area contributed by atoms with Crippen LogP contribution in [0.5, 0.6) is 0 Å². The summed E-state index contributed by atoms with van der Waals surface area (Å²) in [7, 11) is 0. The lowest BCUT2D eigenvalue weighted by atomic mass is 10.0. The van der Waals surface area contributed by atoms with E-state index in [4.69, 9.17) is 0 Å². The maximum atomic E-state index is 13.9. The number of hydrogen-bond acceptors (Lipinski definition) is 1. The highest BCUT2D eigenvalue weighted by Crippen LogP contribution is 2.40. The fraction of sp³-hybridized carbons (Fsp3) is 0.192. The molecule has 0 spiro atoms. The molecule has 3 nitrogen and oxygen atoms in total. The Morgan fingerprint density at radius 2 is 1.71 bits per heavy atom. The quantitative estimate of drug-likeness (QED) is 0.415. The van der Waals surface area contributed by atoms with Crippen molar-refractivity contribution >= 4 is 16.8 Å². The largest absolute Gasteiger partial charge is 0.354 e. The molecule has 1 aliphatic carbocycles. The van der Waals surface area contributed by atoms with Crippen LogP contribution in [0.3, 0.4) is 0 Å². The minimum atomic E-state index is -0.327. The van der Waals surface area contributed by atoms with E-state index < -0.39 is 0 Å². The van der Waals surface area contributed by atoms with E-state index in [9.17, 15) is 13.6 Å². The van der Waals surface area contributed by atoms with Crippen molar-refractivity contribution < 1.29 is 13.6 Å². The average Bonchev–Trinajstić information content (AvgIpc) is 3.45. The molecule has 0 saturated heterocycles. The first-order chi connectivity index (χ1) is 15.1. The molecule has 0 aliphatic heterocycles. The highest BCUT2D eigenvalue weighted by atomic mass is 19.1. The van der Waals surface area contributed by atoms with E-state index in [2.05, 4.69) is 22.4 Å². The summed E-state index contributed by atoms with van der Waals surface area (Å²) in [6, 6.07) is 21.1.